The standard InChI is InChI=1S/C8H12N2S/c1-5-11-6-2-7(1)8-9-3-4-10-8/h3-4,7H,1-2,5-6H2,(H,9,10). The van der Waals surface area contributed by atoms with Crippen LogP contribution in [0, 0.1) is 0 Å². The Bertz CT molecular complexity index is 202. The Balaban J connectivity index is 2.04. The summed E-state index contributed by atoms with van der Waals surface area (Å²) in [7, 11) is 0. The summed E-state index contributed by atoms with van der Waals surface area (Å²) in [6.07, 6.45) is 6.34. The van der Waals surface area contributed by atoms with E-state index in [-0.39, 0.29) is 0 Å². The Labute approximate surface area is 70.8 Å². The van der Waals surface area contributed by atoms with Crippen molar-refractivity contribution in [3.05, 3.63) is 18.2 Å². The summed E-state index contributed by atoms with van der Waals surface area (Å²) in [6.45, 7) is 0. The molecule has 0 aliphatic carbocycles. The molecule has 60 valence electrons. The zero-order valence-corrected chi connectivity index (χ0v) is 7.23. The average molecular weight is 168 g/mol. The minimum atomic E-state index is 0.700. The van der Waals surface area contributed by atoms with Crippen molar-refractivity contribution in [1.82, 2.24) is 9.97 Å². The van der Waals surface area contributed by atoms with Gasteiger partial charge in [0.2, 0.25) is 0 Å². The van der Waals surface area contributed by atoms with Crippen molar-refractivity contribution in [2.24, 2.45) is 0 Å². The fourth-order valence-corrected chi connectivity index (χ4v) is 2.58. The normalized spacial score (nSPS) is 20.4. The molecule has 3 heteroatoms. The highest BCUT2D eigenvalue weighted by Crippen LogP contribution is 2.28. The quantitative estimate of drug-likeness (QED) is 0.695. The van der Waals surface area contributed by atoms with Crippen molar-refractivity contribution < 1.29 is 0 Å². The van der Waals surface area contributed by atoms with Crippen molar-refractivity contribution >= 4 is 11.8 Å². The maximum Gasteiger partial charge on any atom is 0.109 e. The molecule has 0 saturated carbocycles. The first-order chi connectivity index (χ1) is 5.47. The molecule has 0 aromatic carbocycles. The molecular weight excluding hydrogens is 156 g/mol. The Morgan fingerprint density at radius 1 is 1.45 bits per heavy atom. The average Bonchev–Trinajstić information content (AvgIpc) is 2.58. The monoisotopic (exact) mass is 168 g/mol. The molecular formula is C8H12N2S. The van der Waals surface area contributed by atoms with E-state index < -0.39 is 0 Å². The Morgan fingerprint density at radius 2 is 2.27 bits per heavy atom. The molecule has 0 bridgehead atoms. The van der Waals surface area contributed by atoms with Crippen LogP contribution in [0.15, 0.2) is 12.4 Å². The highest BCUT2D eigenvalue weighted by atomic mass is 32.2. The molecule has 1 aliphatic rings. The lowest BCUT2D eigenvalue weighted by atomic mass is 10.0. The van der Waals surface area contributed by atoms with Crippen LogP contribution in [0.5, 0.6) is 0 Å². The molecule has 1 aromatic rings. The third kappa shape index (κ3) is 1.59. The van der Waals surface area contributed by atoms with Gasteiger partial charge in [-0.1, -0.05) is 0 Å². The maximum absolute atomic E-state index is 4.28. The molecule has 1 aliphatic heterocycles. The number of thioether (sulfide) groups is 1. The number of aromatic nitrogens is 2. The number of nitrogens with zero attached hydrogens (tertiary/aromatic N) is 1. The second-order valence-electron chi connectivity index (χ2n) is 2.86. The lowest BCUT2D eigenvalue weighted by molar-refractivity contribution is 0.605. The third-order valence-corrected chi connectivity index (χ3v) is 3.18. The molecule has 0 unspecified atom stereocenters. The van der Waals surface area contributed by atoms with Crippen molar-refractivity contribution in [2.45, 2.75) is 18.8 Å². The first kappa shape index (κ1) is 7.22. The molecule has 0 spiro atoms. The highest BCUT2D eigenvalue weighted by Gasteiger charge is 2.16. The Kier molecular flexibility index (Phi) is 2.17. The molecule has 11 heavy (non-hydrogen) atoms. The van der Waals surface area contributed by atoms with Crippen LogP contribution < -0.4 is 0 Å². The van der Waals surface area contributed by atoms with Crippen molar-refractivity contribution in [1.29, 1.82) is 0 Å². The lowest BCUT2D eigenvalue weighted by Crippen LogP contribution is -2.08. The van der Waals surface area contributed by atoms with Gasteiger partial charge < -0.3 is 4.98 Å². The zero-order valence-electron chi connectivity index (χ0n) is 6.42. The second-order valence-corrected chi connectivity index (χ2v) is 4.09. The minimum absolute atomic E-state index is 0.700. The van der Waals surface area contributed by atoms with Crippen LogP contribution in [-0.4, -0.2) is 21.5 Å². The van der Waals surface area contributed by atoms with Crippen molar-refractivity contribution in [3.63, 3.8) is 0 Å². The summed E-state index contributed by atoms with van der Waals surface area (Å²) in [5.41, 5.74) is 0. The first-order valence-electron chi connectivity index (χ1n) is 4.04. The van der Waals surface area contributed by atoms with E-state index in [0.29, 0.717) is 5.92 Å². The number of hydrogen-bond acceptors (Lipinski definition) is 2. The van der Waals surface area contributed by atoms with E-state index in [4.69, 9.17) is 0 Å². The van der Waals surface area contributed by atoms with Gasteiger partial charge in [0.25, 0.3) is 0 Å². The van der Waals surface area contributed by atoms with Gasteiger partial charge in [-0.2, -0.15) is 11.8 Å². The van der Waals surface area contributed by atoms with Crippen molar-refractivity contribution in [3.8, 4) is 0 Å². The van der Waals surface area contributed by atoms with Gasteiger partial charge in [0.15, 0.2) is 0 Å². The number of imidazole rings is 1. The topological polar surface area (TPSA) is 28.7 Å². The summed E-state index contributed by atoms with van der Waals surface area (Å²) < 4.78 is 0. The van der Waals surface area contributed by atoms with E-state index in [1.165, 1.54) is 30.2 Å². The van der Waals surface area contributed by atoms with Gasteiger partial charge in [-0.3, -0.25) is 0 Å². The van der Waals surface area contributed by atoms with Crippen molar-refractivity contribution in [2.75, 3.05) is 11.5 Å². The number of nitrogens with one attached hydrogen (secondary N) is 1. The molecule has 2 rings (SSSR count). The number of H-pyrrole nitrogens is 1. The van der Waals surface area contributed by atoms with Crippen LogP contribution in [-0.2, 0) is 0 Å². The zero-order chi connectivity index (χ0) is 7.52. The first-order valence-corrected chi connectivity index (χ1v) is 5.19. The molecule has 0 amide bonds. The van der Waals surface area contributed by atoms with E-state index in [9.17, 15) is 0 Å². The van der Waals surface area contributed by atoms with E-state index in [1.807, 2.05) is 12.4 Å². The van der Waals surface area contributed by atoms with Gasteiger partial charge in [-0.15, -0.1) is 0 Å². The molecule has 1 aromatic heterocycles. The van der Waals surface area contributed by atoms with E-state index in [1.54, 1.807) is 0 Å². The molecule has 2 nitrogen and oxygen atoms in total. The number of hydrogen-bond donors (Lipinski definition) is 1. The molecule has 0 atom stereocenters. The summed E-state index contributed by atoms with van der Waals surface area (Å²) in [4.78, 5) is 7.46. The molecule has 1 fully saturated rings. The highest BCUT2D eigenvalue weighted by molar-refractivity contribution is 7.99. The predicted octanol–water partition coefficient (Wildman–Crippen LogP) is 2.02. The smallest absolute Gasteiger partial charge is 0.109 e. The SMILES string of the molecule is c1c[nH]c(C2CCSCC2)n1. The van der Waals surface area contributed by atoms with E-state index in [0.717, 1.165) is 0 Å². The van der Waals surface area contributed by atoms with Crippen LogP contribution in [0.25, 0.3) is 0 Å². The molecule has 2 heterocycles. The van der Waals surface area contributed by atoms with Crippen LogP contribution in [0.4, 0.5) is 0 Å². The largest absolute Gasteiger partial charge is 0.348 e. The Morgan fingerprint density at radius 3 is 2.91 bits per heavy atom. The molecule has 1 saturated heterocycles. The van der Waals surface area contributed by atoms with E-state index in [2.05, 4.69) is 21.7 Å². The van der Waals surface area contributed by atoms with Crippen LogP contribution in [0.2, 0.25) is 0 Å². The number of rotatable bonds is 1. The van der Waals surface area contributed by atoms with Gasteiger partial charge in [0.05, 0.1) is 0 Å². The lowest BCUT2D eigenvalue weighted by Gasteiger charge is -2.18. The number of aromatic amines is 1. The van der Waals surface area contributed by atoms with Crippen LogP contribution in [0.1, 0.15) is 24.6 Å². The third-order valence-electron chi connectivity index (χ3n) is 2.13. The van der Waals surface area contributed by atoms with Gasteiger partial charge in [-0.25, -0.2) is 4.98 Å². The second kappa shape index (κ2) is 3.30. The Hall–Kier alpha value is -0.440. The molecule has 1 N–H and O–H groups in total. The van der Waals surface area contributed by atoms with Gasteiger partial charge in [0.1, 0.15) is 5.82 Å². The van der Waals surface area contributed by atoms with Crippen LogP contribution >= 0.6 is 11.8 Å². The summed E-state index contributed by atoms with van der Waals surface area (Å²) in [6, 6.07) is 0. The molecule has 0 radical (unpaired) electrons. The fourth-order valence-electron chi connectivity index (χ4n) is 1.47. The van der Waals surface area contributed by atoms with Gasteiger partial charge in [-0.05, 0) is 24.3 Å². The predicted molar refractivity (Wildman–Crippen MR) is 47.9 cm³/mol. The maximum atomic E-state index is 4.28. The van der Waals surface area contributed by atoms with E-state index >= 15 is 0 Å². The van der Waals surface area contributed by atoms with Gasteiger partial charge in [0, 0.05) is 18.3 Å². The van der Waals surface area contributed by atoms with Gasteiger partial charge >= 0.3 is 0 Å². The minimum Gasteiger partial charge on any atom is -0.348 e. The summed E-state index contributed by atoms with van der Waals surface area (Å²) in [5.74, 6) is 4.48. The van der Waals surface area contributed by atoms with Crippen LogP contribution in [0.3, 0.4) is 0 Å². The fraction of sp³-hybridized carbons (Fsp3) is 0.625. The summed E-state index contributed by atoms with van der Waals surface area (Å²) >= 11 is 2.05. The summed E-state index contributed by atoms with van der Waals surface area (Å²) in [5, 5.41) is 0.